The van der Waals surface area contributed by atoms with Crippen molar-refractivity contribution in [2.45, 2.75) is 32.0 Å². The van der Waals surface area contributed by atoms with Crippen molar-refractivity contribution in [3.8, 4) is 17.2 Å². The SMILES string of the molecule is CCO[C@H]1OC(C(=O)NCCc2c[nH]c3ccc(OC)cc23)=C[C@@H](c2ccc3c(c2)OCO3)[C@H]1CCOCCOCCO. The third-order valence-electron chi connectivity index (χ3n) is 7.58. The standard InChI is InChI=1S/C32H40N2O9/c1-3-40-32-24(9-12-38-14-15-39-13-11-35)25(21-4-7-28-29(16-21)42-20-41-28)18-30(43-32)31(36)33-10-8-22-19-34-27-6-5-23(37-2)17-26(22)27/h4-7,16-19,24-25,32,34-35H,3,8-15,20H2,1-2H3,(H,33,36)/t24-,25+,32+/m1/s1. The zero-order valence-corrected chi connectivity index (χ0v) is 24.6. The lowest BCUT2D eigenvalue weighted by atomic mass is 9.81. The van der Waals surface area contributed by atoms with E-state index in [-0.39, 0.29) is 43.5 Å². The number of H-pyrrole nitrogens is 1. The Morgan fingerprint density at radius 2 is 1.91 bits per heavy atom. The molecule has 2 aliphatic rings. The minimum Gasteiger partial charge on any atom is -0.497 e. The van der Waals surface area contributed by atoms with E-state index in [4.69, 9.17) is 38.3 Å². The number of aromatic amines is 1. The zero-order chi connectivity index (χ0) is 30.0. The summed E-state index contributed by atoms with van der Waals surface area (Å²) in [6.45, 7) is 4.45. The highest BCUT2D eigenvalue weighted by Gasteiger charge is 2.38. The summed E-state index contributed by atoms with van der Waals surface area (Å²) in [6, 6.07) is 11.7. The Kier molecular flexibility index (Phi) is 10.8. The molecule has 5 rings (SSSR count). The highest BCUT2D eigenvalue weighted by atomic mass is 16.7. The summed E-state index contributed by atoms with van der Waals surface area (Å²) in [6.07, 6.45) is 4.43. The fourth-order valence-electron chi connectivity index (χ4n) is 5.43. The molecule has 3 atom stereocenters. The number of aromatic nitrogens is 1. The molecule has 1 aromatic heterocycles. The quantitative estimate of drug-likeness (QED) is 0.212. The van der Waals surface area contributed by atoms with E-state index in [0.29, 0.717) is 57.3 Å². The molecule has 0 saturated carbocycles. The van der Waals surface area contributed by atoms with E-state index in [0.717, 1.165) is 27.8 Å². The Morgan fingerprint density at radius 1 is 1.07 bits per heavy atom. The van der Waals surface area contributed by atoms with E-state index < -0.39 is 6.29 Å². The summed E-state index contributed by atoms with van der Waals surface area (Å²) in [4.78, 5) is 16.7. The van der Waals surface area contributed by atoms with Gasteiger partial charge in [-0.25, -0.2) is 0 Å². The van der Waals surface area contributed by atoms with E-state index in [1.807, 2.05) is 55.6 Å². The second-order valence-corrected chi connectivity index (χ2v) is 10.2. The van der Waals surface area contributed by atoms with E-state index in [2.05, 4.69) is 10.3 Å². The average Bonchev–Trinajstić information content (AvgIpc) is 3.67. The van der Waals surface area contributed by atoms with Gasteiger partial charge < -0.3 is 48.6 Å². The molecule has 0 spiro atoms. The normalized spacial score (nSPS) is 19.2. The summed E-state index contributed by atoms with van der Waals surface area (Å²) < 4.78 is 39.8. The number of aliphatic hydroxyl groups excluding tert-OH is 1. The maximum absolute atomic E-state index is 13.4. The van der Waals surface area contributed by atoms with E-state index in [9.17, 15) is 4.79 Å². The van der Waals surface area contributed by atoms with Crippen molar-refractivity contribution in [3.63, 3.8) is 0 Å². The second-order valence-electron chi connectivity index (χ2n) is 10.2. The molecule has 0 radical (unpaired) electrons. The van der Waals surface area contributed by atoms with Crippen molar-refractivity contribution in [1.29, 1.82) is 0 Å². The molecule has 11 nitrogen and oxygen atoms in total. The van der Waals surface area contributed by atoms with Gasteiger partial charge in [0.05, 0.1) is 33.5 Å². The van der Waals surface area contributed by atoms with Gasteiger partial charge in [-0.3, -0.25) is 4.79 Å². The van der Waals surface area contributed by atoms with Gasteiger partial charge in [0.25, 0.3) is 5.91 Å². The Hall–Kier alpha value is -3.77. The third-order valence-corrected chi connectivity index (χ3v) is 7.58. The number of allylic oxidation sites excluding steroid dienone is 1. The Morgan fingerprint density at radius 3 is 2.72 bits per heavy atom. The lowest BCUT2D eigenvalue weighted by Crippen LogP contribution is -2.39. The number of hydrogen-bond acceptors (Lipinski definition) is 9. The maximum Gasteiger partial charge on any atom is 0.286 e. The van der Waals surface area contributed by atoms with Gasteiger partial charge in [-0.15, -0.1) is 0 Å². The molecule has 232 valence electrons. The van der Waals surface area contributed by atoms with Crippen LogP contribution in [0.3, 0.4) is 0 Å². The number of methoxy groups -OCH3 is 1. The summed E-state index contributed by atoms with van der Waals surface area (Å²) in [7, 11) is 1.64. The number of amides is 1. The molecule has 0 aliphatic carbocycles. The molecule has 2 aliphatic heterocycles. The van der Waals surface area contributed by atoms with Crippen molar-refractivity contribution in [3.05, 3.63) is 65.6 Å². The fourth-order valence-corrected chi connectivity index (χ4v) is 5.43. The molecule has 0 saturated heterocycles. The van der Waals surface area contributed by atoms with Crippen LogP contribution in [-0.2, 0) is 30.2 Å². The Bertz CT molecular complexity index is 1390. The van der Waals surface area contributed by atoms with Crippen molar-refractivity contribution in [2.75, 3.05) is 60.1 Å². The van der Waals surface area contributed by atoms with Crippen LogP contribution in [0.25, 0.3) is 10.9 Å². The number of benzene rings is 2. The summed E-state index contributed by atoms with van der Waals surface area (Å²) >= 11 is 0. The van der Waals surface area contributed by atoms with Crippen molar-refractivity contribution < 1.29 is 43.1 Å². The van der Waals surface area contributed by atoms with Crippen LogP contribution in [0.5, 0.6) is 17.2 Å². The van der Waals surface area contributed by atoms with E-state index in [1.165, 1.54) is 0 Å². The summed E-state index contributed by atoms with van der Waals surface area (Å²) in [5, 5.41) is 13.0. The van der Waals surface area contributed by atoms with Gasteiger partial charge in [0.15, 0.2) is 17.3 Å². The predicted molar refractivity (Wildman–Crippen MR) is 158 cm³/mol. The van der Waals surface area contributed by atoms with Crippen LogP contribution in [0.1, 0.15) is 30.4 Å². The molecule has 43 heavy (non-hydrogen) atoms. The van der Waals surface area contributed by atoms with Crippen molar-refractivity contribution >= 4 is 16.8 Å². The maximum atomic E-state index is 13.4. The highest BCUT2D eigenvalue weighted by molar-refractivity contribution is 5.92. The number of carbonyl (C=O) groups is 1. The molecule has 11 heteroatoms. The lowest BCUT2D eigenvalue weighted by Gasteiger charge is -2.37. The first kappa shape index (κ1) is 30.7. The molecule has 0 unspecified atom stereocenters. The molecular formula is C32H40N2O9. The van der Waals surface area contributed by atoms with Gasteiger partial charge in [0.1, 0.15) is 5.75 Å². The minimum absolute atomic E-state index is 0.0207. The van der Waals surface area contributed by atoms with Gasteiger partial charge in [0.2, 0.25) is 13.1 Å². The van der Waals surface area contributed by atoms with Crippen LogP contribution >= 0.6 is 0 Å². The van der Waals surface area contributed by atoms with Crippen LogP contribution in [0.4, 0.5) is 0 Å². The smallest absolute Gasteiger partial charge is 0.286 e. The molecule has 0 bridgehead atoms. The molecular weight excluding hydrogens is 556 g/mol. The van der Waals surface area contributed by atoms with Gasteiger partial charge >= 0.3 is 0 Å². The molecule has 0 fully saturated rings. The number of hydrogen-bond donors (Lipinski definition) is 3. The number of ether oxygens (including phenoxy) is 7. The Balaban J connectivity index is 1.29. The molecule has 3 aromatic rings. The van der Waals surface area contributed by atoms with Crippen LogP contribution < -0.4 is 19.5 Å². The first-order valence-corrected chi connectivity index (χ1v) is 14.7. The third kappa shape index (κ3) is 7.61. The lowest BCUT2D eigenvalue weighted by molar-refractivity contribution is -0.168. The van der Waals surface area contributed by atoms with E-state index in [1.54, 1.807) is 7.11 Å². The monoisotopic (exact) mass is 596 g/mol. The minimum atomic E-state index is -0.651. The molecule has 2 aromatic carbocycles. The van der Waals surface area contributed by atoms with Crippen molar-refractivity contribution in [1.82, 2.24) is 10.3 Å². The van der Waals surface area contributed by atoms with Crippen LogP contribution in [0, 0.1) is 5.92 Å². The van der Waals surface area contributed by atoms with Crippen molar-refractivity contribution in [2.24, 2.45) is 5.92 Å². The summed E-state index contributed by atoms with van der Waals surface area (Å²) in [5.74, 6) is 1.73. The molecule has 3 N–H and O–H groups in total. The number of aliphatic hydroxyl groups is 1. The predicted octanol–water partition coefficient (Wildman–Crippen LogP) is 3.66. The molecule has 3 heterocycles. The van der Waals surface area contributed by atoms with Gasteiger partial charge in [-0.1, -0.05) is 6.07 Å². The number of carbonyl (C=O) groups excluding carboxylic acids is 1. The topological polar surface area (TPSA) is 130 Å². The van der Waals surface area contributed by atoms with Gasteiger partial charge in [-0.05, 0) is 67.3 Å². The second kappa shape index (κ2) is 15.1. The highest BCUT2D eigenvalue weighted by Crippen LogP contribution is 2.42. The zero-order valence-electron chi connectivity index (χ0n) is 24.6. The van der Waals surface area contributed by atoms with Crippen LogP contribution in [0.15, 0.2) is 54.4 Å². The molecule has 1 amide bonds. The van der Waals surface area contributed by atoms with Crippen LogP contribution in [0.2, 0.25) is 0 Å². The summed E-state index contributed by atoms with van der Waals surface area (Å²) in [5.41, 5.74) is 3.06. The largest absolute Gasteiger partial charge is 0.497 e. The first-order valence-electron chi connectivity index (χ1n) is 14.7. The van der Waals surface area contributed by atoms with Crippen LogP contribution in [-0.4, -0.2) is 82.4 Å². The van der Waals surface area contributed by atoms with Gasteiger partial charge in [-0.2, -0.15) is 0 Å². The average molecular weight is 597 g/mol. The number of nitrogens with one attached hydrogen (secondary N) is 2. The van der Waals surface area contributed by atoms with E-state index >= 15 is 0 Å². The number of rotatable bonds is 16. The fraction of sp³-hybridized carbons (Fsp3) is 0.469. The number of fused-ring (bicyclic) bond motifs is 2. The first-order chi connectivity index (χ1) is 21.1. The Labute approximate surface area is 251 Å². The van der Waals surface area contributed by atoms with Gasteiger partial charge in [0, 0.05) is 48.7 Å².